The summed E-state index contributed by atoms with van der Waals surface area (Å²) in [5, 5.41) is 32.1. The van der Waals surface area contributed by atoms with E-state index in [1.807, 2.05) is 20.9 Å². The van der Waals surface area contributed by atoms with Crippen molar-refractivity contribution in [2.75, 3.05) is 20.1 Å². The summed E-state index contributed by atoms with van der Waals surface area (Å²) < 4.78 is 17.0. The monoisotopic (exact) mass is 574 g/mol. The molecule has 1 fully saturated rings. The topological polar surface area (TPSA) is 186 Å². The molecule has 1 aromatic rings. The highest BCUT2D eigenvalue weighted by Gasteiger charge is 2.69. The Kier molecular flexibility index (Phi) is 8.49. The van der Waals surface area contributed by atoms with Crippen molar-refractivity contribution >= 4 is 23.7 Å². The summed E-state index contributed by atoms with van der Waals surface area (Å²) in [7, 11) is 1.92. The molecular formula is C29H38N2O10. The van der Waals surface area contributed by atoms with Gasteiger partial charge in [0.05, 0.1) is 23.4 Å². The molecule has 0 aromatic heterocycles. The highest BCUT2D eigenvalue weighted by molar-refractivity contribution is 5.88. The van der Waals surface area contributed by atoms with E-state index < -0.39 is 53.5 Å². The van der Waals surface area contributed by atoms with Gasteiger partial charge < -0.3 is 40.2 Å². The molecule has 6 atom stereocenters. The summed E-state index contributed by atoms with van der Waals surface area (Å²) in [5.74, 6) is -4.65. The summed E-state index contributed by atoms with van der Waals surface area (Å²) in [6, 6.07) is 2.98. The summed E-state index contributed by atoms with van der Waals surface area (Å²) in [6.45, 7) is 5.62. The molecule has 1 aromatic carbocycles. The number of nitrogens with zero attached hydrogens (tertiary/aromatic N) is 1. The van der Waals surface area contributed by atoms with Crippen LogP contribution in [0.25, 0.3) is 0 Å². The first-order valence-corrected chi connectivity index (χ1v) is 13.7. The first-order chi connectivity index (χ1) is 19.3. The van der Waals surface area contributed by atoms with Gasteiger partial charge in [0.15, 0.2) is 23.7 Å². The number of carboxylic acids is 1. The average Bonchev–Trinajstić information content (AvgIpc) is 3.28. The van der Waals surface area contributed by atoms with Crippen molar-refractivity contribution in [1.29, 1.82) is 0 Å². The second kappa shape index (κ2) is 11.4. The number of esters is 2. The number of likely N-dealkylation sites (N-methyl/N-ethyl adjacent to an activating group) is 1. The number of hydrogen-bond acceptors (Lipinski definition) is 11. The molecule has 2 heterocycles. The quantitative estimate of drug-likeness (QED) is 0.294. The predicted molar refractivity (Wildman–Crippen MR) is 144 cm³/mol. The third kappa shape index (κ3) is 5.20. The van der Waals surface area contributed by atoms with Crippen LogP contribution in [0.3, 0.4) is 0 Å². The van der Waals surface area contributed by atoms with Crippen LogP contribution in [0.5, 0.6) is 11.5 Å². The van der Waals surface area contributed by atoms with Crippen molar-refractivity contribution in [1.82, 2.24) is 4.90 Å². The second-order valence-corrected chi connectivity index (χ2v) is 11.3. The van der Waals surface area contributed by atoms with E-state index in [0.717, 1.165) is 5.56 Å². The van der Waals surface area contributed by atoms with Gasteiger partial charge in [0.2, 0.25) is 0 Å². The lowest BCUT2D eigenvalue weighted by Crippen LogP contribution is -2.71. The highest BCUT2D eigenvalue weighted by Crippen LogP contribution is 2.62. The Morgan fingerprint density at radius 3 is 2.61 bits per heavy atom. The molecule has 3 aliphatic rings. The molecule has 0 unspecified atom stereocenters. The number of ketones is 1. The Morgan fingerprint density at radius 1 is 1.24 bits per heavy atom. The Balaban J connectivity index is 1.64. The lowest BCUT2D eigenvalue weighted by molar-refractivity contribution is -0.169. The van der Waals surface area contributed by atoms with Crippen molar-refractivity contribution in [2.45, 2.75) is 82.1 Å². The van der Waals surface area contributed by atoms with Gasteiger partial charge in [-0.2, -0.15) is 0 Å². The molecule has 1 spiro atoms. The van der Waals surface area contributed by atoms with Gasteiger partial charge >= 0.3 is 17.9 Å². The van der Waals surface area contributed by atoms with Crippen LogP contribution in [-0.2, 0) is 34.1 Å². The standard InChI is InChI=1S/C29H38N2O10/c1-15-5-6-20(33)24-23(15)28-10-12-31(4)17(3)29(28,38)9-7-21(25(28)41-24)40-22(34)14-18(13-19(32)8-11-30)27(37)39-16(2)26(35)36/h5-7,16-18,25,33,38H,8-14,30H2,1-4H3,(H,35,36)/t16-,17+,18-,25-,28-,29+/m0/s1. The largest absolute Gasteiger partial charge is 0.504 e. The number of carboxylic acid groups (broad SMARTS) is 1. The average molecular weight is 575 g/mol. The van der Waals surface area contributed by atoms with Gasteiger partial charge in [-0.25, -0.2) is 4.79 Å². The molecule has 12 heteroatoms. The zero-order chi connectivity index (χ0) is 30.3. The van der Waals surface area contributed by atoms with E-state index in [0.29, 0.717) is 18.5 Å². The van der Waals surface area contributed by atoms with E-state index >= 15 is 0 Å². The van der Waals surface area contributed by atoms with Crippen LogP contribution in [0.2, 0.25) is 0 Å². The molecule has 0 amide bonds. The van der Waals surface area contributed by atoms with Crippen molar-refractivity contribution in [2.24, 2.45) is 11.7 Å². The Hall–Kier alpha value is -3.48. The molecule has 0 radical (unpaired) electrons. The Labute approximate surface area is 238 Å². The molecule has 5 N–H and O–H groups in total. The summed E-state index contributed by atoms with van der Waals surface area (Å²) in [4.78, 5) is 51.5. The number of aliphatic carboxylic acids is 1. The zero-order valence-corrected chi connectivity index (χ0v) is 23.7. The zero-order valence-electron chi connectivity index (χ0n) is 23.7. The number of benzene rings is 1. The van der Waals surface area contributed by atoms with Crippen LogP contribution in [0, 0.1) is 12.8 Å². The van der Waals surface area contributed by atoms with Crippen LogP contribution >= 0.6 is 0 Å². The lowest BCUT2D eigenvalue weighted by atomic mass is 9.54. The fourth-order valence-electron chi connectivity index (χ4n) is 6.48. The second-order valence-electron chi connectivity index (χ2n) is 11.3. The third-order valence-corrected chi connectivity index (χ3v) is 8.85. The number of phenolic OH excluding ortho intramolecular Hbond substituents is 1. The lowest BCUT2D eigenvalue weighted by Gasteiger charge is -2.58. The molecule has 2 aliphatic heterocycles. The van der Waals surface area contributed by atoms with Gasteiger partial charge in [0.25, 0.3) is 0 Å². The maximum absolute atomic E-state index is 13.2. The van der Waals surface area contributed by atoms with E-state index in [-0.39, 0.29) is 54.9 Å². The number of carbonyl (C=O) groups excluding carboxylic acids is 3. The molecule has 41 heavy (non-hydrogen) atoms. The number of hydrogen-bond donors (Lipinski definition) is 4. The van der Waals surface area contributed by atoms with Crippen molar-refractivity contribution in [3.8, 4) is 11.5 Å². The molecule has 224 valence electrons. The minimum Gasteiger partial charge on any atom is -0.504 e. The molecule has 1 aliphatic carbocycles. The van der Waals surface area contributed by atoms with Gasteiger partial charge in [-0.3, -0.25) is 14.4 Å². The maximum Gasteiger partial charge on any atom is 0.344 e. The minimum atomic E-state index is -1.48. The number of carbonyl (C=O) groups is 4. The highest BCUT2D eigenvalue weighted by atomic mass is 16.6. The van der Waals surface area contributed by atoms with Crippen LogP contribution < -0.4 is 10.5 Å². The molecule has 4 rings (SSSR count). The first-order valence-electron chi connectivity index (χ1n) is 13.7. The fourth-order valence-corrected chi connectivity index (χ4v) is 6.48. The number of aliphatic hydroxyl groups is 1. The van der Waals surface area contributed by atoms with Gasteiger partial charge in [-0.1, -0.05) is 6.07 Å². The number of likely N-dealkylation sites (tertiary alicyclic amines) is 1. The number of Topliss-reactive ketones (excluding diaryl/α,β-unsaturated/α-hetero) is 1. The summed E-state index contributed by atoms with van der Waals surface area (Å²) in [5.41, 5.74) is 4.58. The van der Waals surface area contributed by atoms with Gasteiger partial charge in [0, 0.05) is 30.9 Å². The molecular weight excluding hydrogens is 536 g/mol. The van der Waals surface area contributed by atoms with Crippen molar-refractivity contribution in [3.63, 3.8) is 0 Å². The van der Waals surface area contributed by atoms with Crippen LogP contribution in [-0.4, -0.2) is 87.9 Å². The Bertz CT molecular complexity index is 1280. The maximum atomic E-state index is 13.2. The first kappa shape index (κ1) is 30.5. The summed E-state index contributed by atoms with van der Waals surface area (Å²) >= 11 is 0. The van der Waals surface area contributed by atoms with Crippen LogP contribution in [0.15, 0.2) is 24.0 Å². The van der Waals surface area contributed by atoms with E-state index in [1.54, 1.807) is 12.1 Å². The normalized spacial score (nSPS) is 28.2. The SMILES string of the molecule is Cc1ccc(O)c2c1[C@]13CCN(C)[C@H](C)[C@]1(O)CC=C(OC(=O)C[C@H](CC(=O)CCN)C(=O)O[C@@H](C)C(=O)O)[C@@H]3O2. The van der Waals surface area contributed by atoms with E-state index in [4.69, 9.17) is 25.1 Å². The minimum absolute atomic E-state index is 0.0246. The van der Waals surface area contributed by atoms with Crippen LogP contribution in [0.1, 0.15) is 57.1 Å². The van der Waals surface area contributed by atoms with Gasteiger partial charge in [0.1, 0.15) is 11.5 Å². The van der Waals surface area contributed by atoms with Crippen LogP contribution in [0.4, 0.5) is 0 Å². The number of ether oxygens (including phenoxy) is 3. The number of aromatic hydroxyl groups is 1. The molecule has 0 bridgehead atoms. The number of nitrogens with two attached hydrogens (primary N) is 1. The number of rotatable bonds is 10. The summed E-state index contributed by atoms with van der Waals surface area (Å²) in [6.07, 6.45) is -1.20. The Morgan fingerprint density at radius 2 is 1.95 bits per heavy atom. The van der Waals surface area contributed by atoms with Gasteiger partial charge in [-0.15, -0.1) is 0 Å². The van der Waals surface area contributed by atoms with Crippen molar-refractivity contribution < 1.29 is 48.7 Å². The van der Waals surface area contributed by atoms with E-state index in [1.165, 1.54) is 13.0 Å². The van der Waals surface area contributed by atoms with E-state index in [9.17, 15) is 29.4 Å². The van der Waals surface area contributed by atoms with Gasteiger partial charge in [-0.05, 0) is 65.0 Å². The smallest absolute Gasteiger partial charge is 0.344 e. The molecule has 0 saturated carbocycles. The fraction of sp³-hybridized carbons (Fsp3) is 0.586. The number of fused-ring (bicyclic) bond motifs is 1. The predicted octanol–water partition coefficient (Wildman–Crippen LogP) is 1.32. The van der Waals surface area contributed by atoms with E-state index in [2.05, 4.69) is 4.90 Å². The number of aryl methyl sites for hydroxylation is 1. The molecule has 12 nitrogen and oxygen atoms in total. The molecule has 1 saturated heterocycles. The van der Waals surface area contributed by atoms with Crippen molar-refractivity contribution in [3.05, 3.63) is 35.1 Å². The number of phenols is 1. The third-order valence-electron chi connectivity index (χ3n) is 8.85. The number of piperidine rings is 1.